The first kappa shape index (κ1) is 12.5. The van der Waals surface area contributed by atoms with Crippen molar-refractivity contribution in [2.45, 2.75) is 26.0 Å². The number of hydrogen-bond donors (Lipinski definition) is 0. The number of thiazole rings is 1. The molecule has 0 atom stereocenters. The van der Waals surface area contributed by atoms with Gasteiger partial charge in [-0.2, -0.15) is 11.8 Å². The number of esters is 1. The molecular formula is C10H15NO2S2. The van der Waals surface area contributed by atoms with Gasteiger partial charge >= 0.3 is 5.97 Å². The maximum Gasteiger partial charge on any atom is 0.306 e. The second-order valence-electron chi connectivity index (χ2n) is 2.97. The van der Waals surface area contributed by atoms with E-state index in [0.717, 1.165) is 22.2 Å². The Labute approximate surface area is 98.2 Å². The van der Waals surface area contributed by atoms with Crippen LogP contribution in [0.25, 0.3) is 0 Å². The van der Waals surface area contributed by atoms with Gasteiger partial charge in [-0.3, -0.25) is 4.79 Å². The second-order valence-corrected chi connectivity index (χ2v) is 5.13. The van der Waals surface area contributed by atoms with Crippen LogP contribution in [-0.4, -0.2) is 23.3 Å². The summed E-state index contributed by atoms with van der Waals surface area (Å²) in [6.07, 6.45) is 0.488. The van der Waals surface area contributed by atoms with Crippen LogP contribution in [0, 0.1) is 6.92 Å². The minimum Gasteiger partial charge on any atom is -0.466 e. The highest BCUT2D eigenvalue weighted by Gasteiger charge is 2.02. The average molecular weight is 245 g/mol. The van der Waals surface area contributed by atoms with Gasteiger partial charge in [0.15, 0.2) is 0 Å². The lowest BCUT2D eigenvalue weighted by Gasteiger charge is -2.00. The van der Waals surface area contributed by atoms with Crippen LogP contribution in [0.15, 0.2) is 5.38 Å². The minimum atomic E-state index is -0.112. The molecule has 3 nitrogen and oxygen atoms in total. The standard InChI is InChI=1S/C10H15NO2S2/c1-3-13-10(12)4-5-14-6-9-7-15-8(2)11-9/h7H,3-6H2,1-2H3. The van der Waals surface area contributed by atoms with Crippen LogP contribution >= 0.6 is 23.1 Å². The lowest BCUT2D eigenvalue weighted by molar-refractivity contribution is -0.142. The number of nitrogens with zero attached hydrogens (tertiary/aromatic N) is 1. The molecule has 0 fully saturated rings. The molecule has 0 spiro atoms. The highest BCUT2D eigenvalue weighted by atomic mass is 32.2. The molecular weight excluding hydrogens is 230 g/mol. The SMILES string of the molecule is CCOC(=O)CCSCc1csc(C)n1. The second kappa shape index (κ2) is 6.85. The van der Waals surface area contributed by atoms with E-state index in [1.165, 1.54) is 0 Å². The van der Waals surface area contributed by atoms with Crippen molar-refractivity contribution in [1.82, 2.24) is 4.98 Å². The molecule has 1 rings (SSSR count). The lowest BCUT2D eigenvalue weighted by atomic mass is 10.5. The fraction of sp³-hybridized carbons (Fsp3) is 0.600. The summed E-state index contributed by atoms with van der Waals surface area (Å²) in [6, 6.07) is 0. The molecule has 1 aromatic rings. The Morgan fingerprint density at radius 2 is 2.47 bits per heavy atom. The third-order valence-electron chi connectivity index (χ3n) is 1.67. The van der Waals surface area contributed by atoms with Crippen molar-refractivity contribution in [3.05, 3.63) is 16.1 Å². The fourth-order valence-corrected chi connectivity index (χ4v) is 2.57. The highest BCUT2D eigenvalue weighted by Crippen LogP contribution is 2.15. The Morgan fingerprint density at radius 1 is 1.67 bits per heavy atom. The number of ether oxygens (including phenoxy) is 1. The molecule has 0 radical (unpaired) electrons. The molecule has 5 heteroatoms. The summed E-state index contributed by atoms with van der Waals surface area (Å²) in [5.41, 5.74) is 1.10. The van der Waals surface area contributed by atoms with Crippen LogP contribution in [-0.2, 0) is 15.3 Å². The van der Waals surface area contributed by atoms with Crippen molar-refractivity contribution in [1.29, 1.82) is 0 Å². The van der Waals surface area contributed by atoms with Gasteiger partial charge in [-0.05, 0) is 13.8 Å². The van der Waals surface area contributed by atoms with Crippen molar-refractivity contribution >= 4 is 29.1 Å². The zero-order chi connectivity index (χ0) is 11.1. The monoisotopic (exact) mass is 245 g/mol. The Bertz CT molecular complexity index is 312. The maximum absolute atomic E-state index is 11.0. The van der Waals surface area contributed by atoms with Crippen LogP contribution in [0.5, 0.6) is 0 Å². The Kier molecular flexibility index (Phi) is 5.71. The van der Waals surface area contributed by atoms with Crippen molar-refractivity contribution < 1.29 is 9.53 Å². The summed E-state index contributed by atoms with van der Waals surface area (Å²) in [7, 11) is 0. The van der Waals surface area contributed by atoms with E-state index < -0.39 is 0 Å². The van der Waals surface area contributed by atoms with E-state index >= 15 is 0 Å². The van der Waals surface area contributed by atoms with E-state index in [-0.39, 0.29) is 5.97 Å². The largest absolute Gasteiger partial charge is 0.466 e. The van der Waals surface area contributed by atoms with E-state index in [0.29, 0.717) is 13.0 Å². The molecule has 0 aromatic carbocycles. The van der Waals surface area contributed by atoms with Gasteiger partial charge in [-0.1, -0.05) is 0 Å². The molecule has 0 bridgehead atoms. The Morgan fingerprint density at radius 3 is 3.07 bits per heavy atom. The van der Waals surface area contributed by atoms with Crippen LogP contribution < -0.4 is 0 Å². The molecule has 15 heavy (non-hydrogen) atoms. The summed E-state index contributed by atoms with van der Waals surface area (Å²) in [6.45, 7) is 4.29. The first-order chi connectivity index (χ1) is 7.22. The zero-order valence-corrected chi connectivity index (χ0v) is 10.6. The van der Waals surface area contributed by atoms with Gasteiger partial charge in [-0.15, -0.1) is 11.3 Å². The van der Waals surface area contributed by atoms with E-state index in [1.807, 2.05) is 13.8 Å². The van der Waals surface area contributed by atoms with Crippen molar-refractivity contribution in [3.8, 4) is 0 Å². The molecule has 1 heterocycles. The molecule has 0 amide bonds. The predicted octanol–water partition coefficient (Wildman–Crippen LogP) is 2.64. The van der Waals surface area contributed by atoms with Crippen molar-refractivity contribution in [2.75, 3.05) is 12.4 Å². The minimum absolute atomic E-state index is 0.112. The van der Waals surface area contributed by atoms with E-state index in [9.17, 15) is 4.79 Å². The molecule has 0 aliphatic rings. The van der Waals surface area contributed by atoms with Gasteiger partial charge in [0.2, 0.25) is 0 Å². The van der Waals surface area contributed by atoms with E-state index in [4.69, 9.17) is 4.74 Å². The number of carbonyl (C=O) groups excluding carboxylic acids is 1. The van der Waals surface area contributed by atoms with Crippen LogP contribution in [0.1, 0.15) is 24.0 Å². The molecule has 0 saturated carbocycles. The van der Waals surface area contributed by atoms with Gasteiger partial charge in [-0.25, -0.2) is 4.98 Å². The highest BCUT2D eigenvalue weighted by molar-refractivity contribution is 7.98. The van der Waals surface area contributed by atoms with E-state index in [1.54, 1.807) is 23.1 Å². The van der Waals surface area contributed by atoms with Crippen LogP contribution in [0.4, 0.5) is 0 Å². The van der Waals surface area contributed by atoms with Gasteiger partial charge in [0.25, 0.3) is 0 Å². The van der Waals surface area contributed by atoms with Gasteiger partial charge < -0.3 is 4.74 Å². The fourth-order valence-electron chi connectivity index (χ4n) is 1.04. The zero-order valence-electron chi connectivity index (χ0n) is 8.99. The average Bonchev–Trinajstić information content (AvgIpc) is 2.60. The predicted molar refractivity (Wildman–Crippen MR) is 64.3 cm³/mol. The molecule has 0 N–H and O–H groups in total. The third-order valence-corrected chi connectivity index (χ3v) is 3.49. The molecule has 0 aliphatic heterocycles. The number of aromatic nitrogens is 1. The summed E-state index contributed by atoms with van der Waals surface area (Å²) in [5.74, 6) is 1.57. The summed E-state index contributed by atoms with van der Waals surface area (Å²) < 4.78 is 4.83. The third kappa shape index (κ3) is 5.18. The number of rotatable bonds is 6. The molecule has 1 aromatic heterocycles. The maximum atomic E-state index is 11.0. The summed E-state index contributed by atoms with van der Waals surface area (Å²) >= 11 is 3.38. The first-order valence-electron chi connectivity index (χ1n) is 4.86. The number of carbonyl (C=O) groups is 1. The lowest BCUT2D eigenvalue weighted by Crippen LogP contribution is -2.04. The summed E-state index contributed by atoms with van der Waals surface area (Å²) in [4.78, 5) is 15.4. The van der Waals surface area contributed by atoms with E-state index in [2.05, 4.69) is 10.4 Å². The summed E-state index contributed by atoms with van der Waals surface area (Å²) in [5, 5.41) is 3.16. The molecule has 0 aliphatic carbocycles. The first-order valence-corrected chi connectivity index (χ1v) is 6.90. The molecule has 0 unspecified atom stereocenters. The number of aryl methyl sites for hydroxylation is 1. The topological polar surface area (TPSA) is 39.2 Å². The van der Waals surface area contributed by atoms with Crippen molar-refractivity contribution in [3.63, 3.8) is 0 Å². The van der Waals surface area contributed by atoms with Gasteiger partial charge in [0.1, 0.15) is 0 Å². The van der Waals surface area contributed by atoms with Crippen LogP contribution in [0.3, 0.4) is 0 Å². The Balaban J connectivity index is 2.09. The van der Waals surface area contributed by atoms with Gasteiger partial charge in [0.05, 0.1) is 23.7 Å². The quantitative estimate of drug-likeness (QED) is 0.570. The van der Waals surface area contributed by atoms with Crippen molar-refractivity contribution in [2.24, 2.45) is 0 Å². The number of thioether (sulfide) groups is 1. The molecule has 0 saturated heterocycles. The van der Waals surface area contributed by atoms with Crippen LogP contribution in [0.2, 0.25) is 0 Å². The van der Waals surface area contributed by atoms with Gasteiger partial charge in [0, 0.05) is 16.9 Å². The smallest absolute Gasteiger partial charge is 0.306 e. The normalized spacial score (nSPS) is 10.3. The Hall–Kier alpha value is -0.550. The number of hydrogen-bond acceptors (Lipinski definition) is 5. The molecule has 84 valence electrons.